The van der Waals surface area contributed by atoms with E-state index < -0.39 is 8.54 Å². The van der Waals surface area contributed by atoms with Gasteiger partial charge in [-0.15, -0.1) is 0 Å². The third-order valence-electron chi connectivity index (χ3n) is 0. The molecule has 0 saturated heterocycles. The minimum Gasteiger partial charge on any atom is 1.00 e. The van der Waals surface area contributed by atoms with E-state index in [-0.39, 0.29) is 46.1 Å². The molecule has 0 amide bonds. The van der Waals surface area contributed by atoms with Crippen molar-refractivity contribution < 1.29 is 33.3 Å². The Balaban J connectivity index is -0.0000000267. The second kappa shape index (κ2) is 6.02. The van der Waals surface area contributed by atoms with Gasteiger partial charge < -0.3 is 1.43 Å². The molecule has 7 heteroatoms. The van der Waals surface area contributed by atoms with E-state index in [9.17, 15) is 0 Å². The van der Waals surface area contributed by atoms with Gasteiger partial charge in [-0.2, -0.15) is 0 Å². The van der Waals surface area contributed by atoms with E-state index in [1.54, 1.807) is 0 Å². The second-order valence-corrected chi connectivity index (χ2v) is 4.25. The fraction of sp³-hybridized carbons (Fsp3) is 0. The standard InChI is InChI=1S/In.Li.H2O3SSe.4H/c;;1-4(2,3)5;;;;/h;;(H2,1,2,3,5);;;;/q;+1;;;;;-1. The van der Waals surface area contributed by atoms with Crippen molar-refractivity contribution in [1.29, 1.82) is 0 Å². The number of hydrogen-bond donors (Lipinski definition) is 1. The smallest absolute Gasteiger partial charge is 1.00 e. The maximum Gasteiger partial charge on any atom is 1.00 e. The zero-order valence-corrected chi connectivity index (χ0v) is 5.81. The van der Waals surface area contributed by atoms with E-state index in [1.165, 1.54) is 0 Å². The number of rotatable bonds is 0. The molecule has 7 heavy (non-hydrogen) atoms. The summed E-state index contributed by atoms with van der Waals surface area (Å²) in [6.45, 7) is 0. The molecule has 0 rings (SSSR count). The van der Waals surface area contributed by atoms with Crippen LogP contribution in [0.15, 0.2) is 0 Å². The molecule has 0 heterocycles. The van der Waals surface area contributed by atoms with Crippen LogP contribution < -0.4 is 18.9 Å². The Labute approximate surface area is 81.7 Å². The van der Waals surface area contributed by atoms with Gasteiger partial charge in [0.2, 0.25) is 0 Å². The van der Waals surface area contributed by atoms with Crippen LogP contribution >= 0.6 is 0 Å². The largest absolute Gasteiger partial charge is 1.00 e. The molecular weight excluding hydrogens is 281 g/mol. The van der Waals surface area contributed by atoms with Crippen LogP contribution in [0.1, 0.15) is 1.43 Å². The molecule has 0 aromatic rings. The van der Waals surface area contributed by atoms with E-state index >= 15 is 0 Å². The van der Waals surface area contributed by atoms with Crippen molar-refractivity contribution in [2.45, 2.75) is 0 Å². The molecule has 0 atom stereocenters. The molecule has 0 saturated carbocycles. The molecule has 0 aliphatic carbocycles. The van der Waals surface area contributed by atoms with Crippen LogP contribution in [0.25, 0.3) is 0 Å². The molecule has 0 aromatic heterocycles. The van der Waals surface area contributed by atoms with Gasteiger partial charge in [0.1, 0.15) is 0 Å². The Morgan fingerprint density at radius 2 is 1.57 bits per heavy atom. The zero-order chi connectivity index (χ0) is 4.50. The van der Waals surface area contributed by atoms with Gasteiger partial charge in [-0.05, 0) is 0 Å². The molecule has 0 fully saturated rings. The summed E-state index contributed by atoms with van der Waals surface area (Å²) in [6.07, 6.45) is 0. The average Bonchev–Trinajstić information content (AvgIpc) is 0.722. The Kier molecular flexibility index (Phi) is 13.7. The Hall–Kier alpha value is 1.90. The van der Waals surface area contributed by atoms with Gasteiger partial charge in [0.05, 0.1) is 0 Å². The van der Waals surface area contributed by atoms with Gasteiger partial charge in [-0.25, -0.2) is 0 Å². The monoisotopic (exact) mass is 288 g/mol. The van der Waals surface area contributed by atoms with Crippen molar-refractivity contribution in [3.05, 3.63) is 0 Å². The minimum atomic E-state index is -3.73. The third-order valence-corrected chi connectivity index (χ3v) is 0. The van der Waals surface area contributed by atoms with Crippen molar-refractivity contribution >= 4 is 49.3 Å². The van der Waals surface area contributed by atoms with Crippen LogP contribution in [0.4, 0.5) is 0 Å². The Morgan fingerprint density at radius 3 is 1.57 bits per heavy atom. The summed E-state index contributed by atoms with van der Waals surface area (Å²) in [6, 6.07) is 0. The summed E-state index contributed by atoms with van der Waals surface area (Å²) in [4.78, 5) is 0. The van der Waals surface area contributed by atoms with Crippen molar-refractivity contribution in [2.24, 2.45) is 0 Å². The molecule has 3 nitrogen and oxygen atoms in total. The number of hydrogen-bond acceptors (Lipinski definition) is 2. The molecule has 1 N–H and O–H groups in total. The topological polar surface area (TPSA) is 54.4 Å². The summed E-state index contributed by atoms with van der Waals surface area (Å²) < 4.78 is 25.8. The van der Waals surface area contributed by atoms with Gasteiger partial charge in [0.25, 0.3) is 0 Å². The first-order valence-corrected chi connectivity index (χ1v) is 4.39. The van der Waals surface area contributed by atoms with Gasteiger partial charge in [0.15, 0.2) is 0 Å². The van der Waals surface area contributed by atoms with Gasteiger partial charge in [-0.1, -0.05) is 0 Å². The molecule has 40 valence electrons. The van der Waals surface area contributed by atoms with Crippen LogP contribution in [0.3, 0.4) is 0 Å². The van der Waals surface area contributed by atoms with Gasteiger partial charge >= 0.3 is 81.1 Å². The summed E-state index contributed by atoms with van der Waals surface area (Å²) in [5, 5.41) is 0. The van der Waals surface area contributed by atoms with Crippen molar-refractivity contribution in [2.75, 3.05) is 0 Å². The van der Waals surface area contributed by atoms with Crippen molar-refractivity contribution in [1.82, 2.24) is 0 Å². The molecule has 0 unspecified atom stereocenters. The quantitative estimate of drug-likeness (QED) is 0.357. The molecule has 0 aromatic carbocycles. The average molecular weight is 287 g/mol. The van der Waals surface area contributed by atoms with Crippen LogP contribution in [-0.4, -0.2) is 53.7 Å². The molecule has 0 radical (unpaired) electrons. The maximum atomic E-state index is 9.16. The zero-order valence-electron chi connectivity index (χ0n) is 4.12. The molecule has 0 spiro atoms. The maximum absolute atomic E-state index is 9.16. The predicted octanol–water partition coefficient (Wildman–Crippen LogP) is -5.38. The summed E-state index contributed by atoms with van der Waals surface area (Å²) in [5.74, 6) is 0. The fourth-order valence-electron chi connectivity index (χ4n) is 0. The predicted molar refractivity (Wildman–Crippen MR) is 29.7 cm³/mol. The Bertz CT molecular complexity index is 102. The molecular formula is H6InLiO3SSe. The van der Waals surface area contributed by atoms with Crippen LogP contribution in [0.2, 0.25) is 0 Å². The summed E-state index contributed by atoms with van der Waals surface area (Å²) in [7, 11) is -3.73. The fourth-order valence-corrected chi connectivity index (χ4v) is 0. The van der Waals surface area contributed by atoms with Crippen molar-refractivity contribution in [3.8, 4) is 0 Å². The first kappa shape index (κ1) is 16.0. The van der Waals surface area contributed by atoms with Crippen LogP contribution in [0.5, 0.6) is 0 Å². The first-order chi connectivity index (χ1) is 2.00. The van der Waals surface area contributed by atoms with Crippen LogP contribution in [0, 0.1) is 0 Å². The molecule has 0 aliphatic heterocycles. The summed E-state index contributed by atoms with van der Waals surface area (Å²) >= 11 is 1.11. The molecule has 0 aliphatic rings. The normalized spacial score (nSPS) is 8.29. The Morgan fingerprint density at radius 1 is 1.57 bits per heavy atom. The SMILES string of the molecule is O=S(=O)(O)[SeH].[H-].[InH3].[Li+]. The molecule has 0 bridgehead atoms. The van der Waals surface area contributed by atoms with Crippen LogP contribution in [-0.2, 0) is 8.54 Å². The van der Waals surface area contributed by atoms with Gasteiger partial charge in [-0.3, -0.25) is 0 Å². The van der Waals surface area contributed by atoms with Gasteiger partial charge in [0, 0.05) is 0 Å². The van der Waals surface area contributed by atoms with E-state index in [0.717, 1.165) is 14.9 Å². The van der Waals surface area contributed by atoms with E-state index in [1.807, 2.05) is 0 Å². The van der Waals surface area contributed by atoms with E-state index in [2.05, 4.69) is 0 Å². The first-order valence-electron chi connectivity index (χ1n) is 0.698. The minimum absolute atomic E-state index is 0. The van der Waals surface area contributed by atoms with E-state index in [0.29, 0.717) is 0 Å². The third kappa shape index (κ3) is 76.3. The second-order valence-electron chi connectivity index (χ2n) is 0.448. The summed E-state index contributed by atoms with van der Waals surface area (Å²) in [5.41, 5.74) is 0. The van der Waals surface area contributed by atoms with Crippen molar-refractivity contribution in [3.63, 3.8) is 0 Å². The van der Waals surface area contributed by atoms with E-state index in [4.69, 9.17) is 13.0 Å².